The Bertz CT molecular complexity index is 542. The maximum atomic E-state index is 13.6. The van der Waals surface area contributed by atoms with Crippen LogP contribution in [0.2, 0.25) is 0 Å². The number of benzene rings is 1. The molecule has 2 N–H and O–H groups in total. The van der Waals surface area contributed by atoms with Crippen LogP contribution >= 0.6 is 15.9 Å². The van der Waals surface area contributed by atoms with Gasteiger partial charge in [0.2, 0.25) is 5.82 Å². The molecule has 0 spiro atoms. The molecule has 2 aromatic rings. The predicted molar refractivity (Wildman–Crippen MR) is 65.4 cm³/mol. The molecular weight excluding hydrogens is 289 g/mol. The minimum atomic E-state index is -0.578. The first kappa shape index (κ1) is 11.8. The molecule has 0 fully saturated rings. The number of ether oxygens (including phenoxy) is 1. The monoisotopic (exact) mass is 297 g/mol. The molecular formula is C11H9BrFN3O. The van der Waals surface area contributed by atoms with Crippen LogP contribution in [0.3, 0.4) is 0 Å². The Hall–Kier alpha value is -1.69. The maximum absolute atomic E-state index is 13.6. The van der Waals surface area contributed by atoms with E-state index in [9.17, 15) is 4.39 Å². The lowest BCUT2D eigenvalue weighted by atomic mass is 10.3. The third-order valence-electron chi connectivity index (χ3n) is 2.04. The summed E-state index contributed by atoms with van der Waals surface area (Å²) in [5, 5.41) is 0. The second-order valence-corrected chi connectivity index (χ2v) is 4.32. The predicted octanol–water partition coefficient (Wildman–Crippen LogP) is 3.06. The minimum absolute atomic E-state index is 0.116. The highest BCUT2D eigenvalue weighted by molar-refractivity contribution is 9.10. The van der Waals surface area contributed by atoms with E-state index in [1.54, 1.807) is 25.1 Å². The van der Waals surface area contributed by atoms with E-state index < -0.39 is 5.82 Å². The molecule has 6 heteroatoms. The molecule has 1 aromatic heterocycles. The summed E-state index contributed by atoms with van der Waals surface area (Å²) in [4.78, 5) is 7.45. The standard InChI is InChI=1S/C11H9BrFN3O/c1-6-10(13)11(16-5-15-6)17-9-3-7(12)2-8(14)4-9/h2-5H,14H2,1H3. The van der Waals surface area contributed by atoms with Gasteiger partial charge in [-0.25, -0.2) is 4.98 Å². The third-order valence-corrected chi connectivity index (χ3v) is 2.50. The first-order valence-corrected chi connectivity index (χ1v) is 5.56. The molecule has 2 rings (SSSR count). The van der Waals surface area contributed by atoms with Gasteiger partial charge in [-0.3, -0.25) is 0 Å². The summed E-state index contributed by atoms with van der Waals surface area (Å²) < 4.78 is 19.7. The summed E-state index contributed by atoms with van der Waals surface area (Å²) in [7, 11) is 0. The van der Waals surface area contributed by atoms with Gasteiger partial charge in [0.05, 0.1) is 5.69 Å². The van der Waals surface area contributed by atoms with Gasteiger partial charge in [-0.05, 0) is 19.1 Å². The second kappa shape index (κ2) is 4.67. The molecule has 0 aliphatic carbocycles. The van der Waals surface area contributed by atoms with Crippen molar-refractivity contribution in [2.75, 3.05) is 5.73 Å². The van der Waals surface area contributed by atoms with Crippen molar-refractivity contribution < 1.29 is 9.13 Å². The van der Waals surface area contributed by atoms with Crippen LogP contribution in [-0.2, 0) is 0 Å². The van der Waals surface area contributed by atoms with Gasteiger partial charge in [0.25, 0.3) is 5.88 Å². The van der Waals surface area contributed by atoms with Crippen molar-refractivity contribution in [3.63, 3.8) is 0 Å². The molecule has 0 aliphatic heterocycles. The SMILES string of the molecule is Cc1ncnc(Oc2cc(N)cc(Br)c2)c1F. The maximum Gasteiger partial charge on any atom is 0.259 e. The van der Waals surface area contributed by atoms with Crippen molar-refractivity contribution in [1.29, 1.82) is 0 Å². The second-order valence-electron chi connectivity index (χ2n) is 3.40. The van der Waals surface area contributed by atoms with Gasteiger partial charge in [-0.15, -0.1) is 0 Å². The van der Waals surface area contributed by atoms with Crippen LogP contribution in [-0.4, -0.2) is 9.97 Å². The number of aromatic nitrogens is 2. The lowest BCUT2D eigenvalue weighted by molar-refractivity contribution is 0.416. The van der Waals surface area contributed by atoms with E-state index >= 15 is 0 Å². The number of nitrogens with zero attached hydrogens (tertiary/aromatic N) is 2. The van der Waals surface area contributed by atoms with E-state index in [4.69, 9.17) is 10.5 Å². The van der Waals surface area contributed by atoms with E-state index in [1.165, 1.54) is 6.33 Å². The highest BCUT2D eigenvalue weighted by Crippen LogP contribution is 2.27. The number of hydrogen-bond donors (Lipinski definition) is 1. The largest absolute Gasteiger partial charge is 0.436 e. The van der Waals surface area contributed by atoms with Gasteiger partial charge in [0, 0.05) is 16.2 Å². The molecule has 88 valence electrons. The van der Waals surface area contributed by atoms with Crippen molar-refractivity contribution in [3.8, 4) is 11.6 Å². The zero-order valence-electron chi connectivity index (χ0n) is 8.95. The smallest absolute Gasteiger partial charge is 0.259 e. The highest BCUT2D eigenvalue weighted by Gasteiger charge is 2.10. The number of nitrogen functional groups attached to an aromatic ring is 1. The minimum Gasteiger partial charge on any atom is -0.436 e. The first-order valence-electron chi connectivity index (χ1n) is 4.77. The molecule has 17 heavy (non-hydrogen) atoms. The fourth-order valence-corrected chi connectivity index (χ4v) is 1.75. The molecule has 0 unspecified atom stereocenters. The van der Waals surface area contributed by atoms with Crippen molar-refractivity contribution in [2.24, 2.45) is 0 Å². The number of rotatable bonds is 2. The lowest BCUT2D eigenvalue weighted by Crippen LogP contribution is -1.97. The molecule has 1 heterocycles. The molecule has 1 aromatic carbocycles. The van der Waals surface area contributed by atoms with Gasteiger partial charge in [0.15, 0.2) is 0 Å². The Balaban J connectivity index is 2.34. The van der Waals surface area contributed by atoms with Crippen LogP contribution < -0.4 is 10.5 Å². The normalized spacial score (nSPS) is 10.3. The third kappa shape index (κ3) is 2.71. The first-order chi connectivity index (χ1) is 8.06. The average molecular weight is 298 g/mol. The van der Waals surface area contributed by atoms with Crippen LogP contribution in [0.1, 0.15) is 5.69 Å². The van der Waals surface area contributed by atoms with E-state index in [0.29, 0.717) is 11.4 Å². The van der Waals surface area contributed by atoms with Crippen molar-refractivity contribution in [3.05, 3.63) is 40.5 Å². The molecule has 4 nitrogen and oxygen atoms in total. The summed E-state index contributed by atoms with van der Waals surface area (Å²) in [5.41, 5.74) is 6.39. The van der Waals surface area contributed by atoms with Crippen molar-refractivity contribution in [2.45, 2.75) is 6.92 Å². The Labute approximate surface area is 106 Å². The summed E-state index contributed by atoms with van der Waals surface area (Å²) >= 11 is 3.27. The van der Waals surface area contributed by atoms with E-state index in [2.05, 4.69) is 25.9 Å². The number of nitrogens with two attached hydrogens (primary N) is 1. The molecule has 0 saturated heterocycles. The van der Waals surface area contributed by atoms with Gasteiger partial charge >= 0.3 is 0 Å². The summed E-state index contributed by atoms with van der Waals surface area (Å²) in [5.74, 6) is -0.282. The lowest BCUT2D eigenvalue weighted by Gasteiger charge is -2.07. The van der Waals surface area contributed by atoms with Crippen LogP contribution in [0.5, 0.6) is 11.6 Å². The average Bonchev–Trinajstić information content (AvgIpc) is 2.23. The van der Waals surface area contributed by atoms with Crippen LogP contribution in [0.15, 0.2) is 29.0 Å². The Kier molecular flexibility index (Phi) is 3.23. The number of halogens is 2. The van der Waals surface area contributed by atoms with E-state index in [-0.39, 0.29) is 11.6 Å². The number of aryl methyl sites for hydroxylation is 1. The van der Waals surface area contributed by atoms with Crippen LogP contribution in [0, 0.1) is 12.7 Å². The zero-order valence-corrected chi connectivity index (χ0v) is 10.5. The topological polar surface area (TPSA) is 61.0 Å². The molecule has 0 bridgehead atoms. The molecule has 0 radical (unpaired) electrons. The fraction of sp³-hybridized carbons (Fsp3) is 0.0909. The Morgan fingerprint density at radius 2 is 2.06 bits per heavy atom. The van der Waals surface area contributed by atoms with Gasteiger partial charge in [-0.1, -0.05) is 15.9 Å². The van der Waals surface area contributed by atoms with E-state index in [0.717, 1.165) is 4.47 Å². The molecule has 0 aliphatic rings. The quantitative estimate of drug-likeness (QED) is 0.866. The summed E-state index contributed by atoms with van der Waals surface area (Å²) in [6, 6.07) is 4.98. The fourth-order valence-electron chi connectivity index (χ4n) is 1.26. The number of anilines is 1. The molecule has 0 saturated carbocycles. The van der Waals surface area contributed by atoms with Crippen molar-refractivity contribution >= 4 is 21.6 Å². The number of hydrogen-bond acceptors (Lipinski definition) is 4. The van der Waals surface area contributed by atoms with Crippen molar-refractivity contribution in [1.82, 2.24) is 9.97 Å². The Morgan fingerprint density at radius 1 is 1.29 bits per heavy atom. The van der Waals surface area contributed by atoms with Gasteiger partial charge in [0.1, 0.15) is 12.1 Å². The summed E-state index contributed by atoms with van der Waals surface area (Å²) in [6.07, 6.45) is 1.25. The summed E-state index contributed by atoms with van der Waals surface area (Å²) in [6.45, 7) is 1.54. The zero-order chi connectivity index (χ0) is 12.4. The molecule has 0 amide bonds. The van der Waals surface area contributed by atoms with Gasteiger partial charge in [-0.2, -0.15) is 9.37 Å². The van der Waals surface area contributed by atoms with E-state index in [1.807, 2.05) is 0 Å². The Morgan fingerprint density at radius 3 is 2.76 bits per heavy atom. The molecule has 0 atom stereocenters. The van der Waals surface area contributed by atoms with Crippen LogP contribution in [0.4, 0.5) is 10.1 Å². The van der Waals surface area contributed by atoms with Gasteiger partial charge < -0.3 is 10.5 Å². The van der Waals surface area contributed by atoms with Crippen LogP contribution in [0.25, 0.3) is 0 Å². The highest BCUT2D eigenvalue weighted by atomic mass is 79.9.